The summed E-state index contributed by atoms with van der Waals surface area (Å²) < 4.78 is 0. The third-order valence-electron chi connectivity index (χ3n) is 2.17. The van der Waals surface area contributed by atoms with Gasteiger partial charge >= 0.3 is 0 Å². The van der Waals surface area contributed by atoms with Crippen molar-refractivity contribution in [3.05, 3.63) is 0 Å². The second-order valence-corrected chi connectivity index (χ2v) is 3.36. The van der Waals surface area contributed by atoms with Gasteiger partial charge in [0.1, 0.15) is 0 Å². The first kappa shape index (κ1) is 8.57. The van der Waals surface area contributed by atoms with Gasteiger partial charge in [-0.2, -0.15) is 0 Å². The van der Waals surface area contributed by atoms with E-state index in [1.54, 1.807) is 0 Å². The molecule has 0 heterocycles. The van der Waals surface area contributed by atoms with Crippen molar-refractivity contribution < 1.29 is 0 Å². The third-order valence-corrected chi connectivity index (χ3v) is 2.17. The van der Waals surface area contributed by atoms with Crippen molar-refractivity contribution in [2.45, 2.75) is 45.6 Å². The van der Waals surface area contributed by atoms with Crippen LogP contribution in [-0.2, 0) is 0 Å². The highest BCUT2D eigenvalue weighted by Gasteiger charge is 2.28. The van der Waals surface area contributed by atoms with E-state index in [0.717, 1.165) is 18.4 Å². The first-order chi connectivity index (χ1) is 5.25. The lowest BCUT2D eigenvalue weighted by Gasteiger charge is -2.22. The molecule has 0 aromatic heterocycles. The van der Waals surface area contributed by atoms with Crippen LogP contribution in [0.1, 0.15) is 39.5 Å². The maximum atomic E-state index is 7.53. The number of hydrogen-bond donors (Lipinski definition) is 1. The molecule has 0 bridgehead atoms. The largest absolute Gasteiger partial charge is 0.358 e. The van der Waals surface area contributed by atoms with E-state index in [9.17, 15) is 0 Å². The topological polar surface area (TPSA) is 27.1 Å². The first-order valence-electron chi connectivity index (χ1n) is 4.57. The van der Waals surface area contributed by atoms with Crippen molar-refractivity contribution in [1.82, 2.24) is 4.90 Å². The van der Waals surface area contributed by atoms with E-state index < -0.39 is 0 Å². The lowest BCUT2D eigenvalue weighted by Crippen LogP contribution is -2.31. The Morgan fingerprint density at radius 3 is 2.55 bits per heavy atom. The zero-order valence-electron chi connectivity index (χ0n) is 7.56. The fourth-order valence-corrected chi connectivity index (χ4v) is 1.34. The highest BCUT2D eigenvalue weighted by Crippen LogP contribution is 2.26. The van der Waals surface area contributed by atoms with Gasteiger partial charge in [0.25, 0.3) is 0 Å². The molecule has 0 unspecified atom stereocenters. The van der Waals surface area contributed by atoms with E-state index in [0.29, 0.717) is 0 Å². The highest BCUT2D eigenvalue weighted by molar-refractivity contribution is 5.76. The molecule has 0 aromatic rings. The molecule has 1 aliphatic carbocycles. The van der Waals surface area contributed by atoms with E-state index in [2.05, 4.69) is 11.8 Å². The summed E-state index contributed by atoms with van der Waals surface area (Å²) in [6, 6.07) is 0.721. The first-order valence-corrected chi connectivity index (χ1v) is 4.57. The summed E-state index contributed by atoms with van der Waals surface area (Å²) in [7, 11) is 0. The van der Waals surface area contributed by atoms with Crippen LogP contribution < -0.4 is 0 Å². The molecule has 1 saturated carbocycles. The normalized spacial score (nSPS) is 16.5. The second-order valence-electron chi connectivity index (χ2n) is 3.36. The maximum Gasteiger partial charge on any atom is 0.0928 e. The lowest BCUT2D eigenvalue weighted by molar-refractivity contribution is 0.394. The molecular formula is C9H18N2. The van der Waals surface area contributed by atoms with Gasteiger partial charge in [-0.3, -0.25) is 5.41 Å². The van der Waals surface area contributed by atoms with Gasteiger partial charge in [-0.05, 0) is 26.2 Å². The summed E-state index contributed by atoms with van der Waals surface area (Å²) >= 11 is 0. The van der Waals surface area contributed by atoms with E-state index in [-0.39, 0.29) is 0 Å². The Kier molecular flexibility index (Phi) is 2.92. The minimum atomic E-state index is 0.721. The van der Waals surface area contributed by atoms with Gasteiger partial charge in [-0.25, -0.2) is 0 Å². The minimum Gasteiger partial charge on any atom is -0.358 e. The zero-order chi connectivity index (χ0) is 8.27. The van der Waals surface area contributed by atoms with E-state index >= 15 is 0 Å². The van der Waals surface area contributed by atoms with Crippen LogP contribution in [0, 0.1) is 5.41 Å². The predicted molar refractivity (Wildman–Crippen MR) is 48.0 cm³/mol. The number of nitrogens with one attached hydrogen (secondary N) is 1. The molecule has 0 spiro atoms. The molecule has 11 heavy (non-hydrogen) atoms. The van der Waals surface area contributed by atoms with Crippen LogP contribution in [-0.4, -0.2) is 23.3 Å². The molecule has 2 heteroatoms. The Morgan fingerprint density at radius 1 is 1.55 bits per heavy atom. The van der Waals surface area contributed by atoms with Gasteiger partial charge < -0.3 is 4.90 Å². The smallest absolute Gasteiger partial charge is 0.0928 e. The average Bonchev–Trinajstić information content (AvgIpc) is 2.71. The molecule has 1 N–H and O–H groups in total. The van der Waals surface area contributed by atoms with Crippen molar-refractivity contribution >= 4 is 5.84 Å². The molecule has 0 atom stereocenters. The molecule has 0 aliphatic heterocycles. The standard InChI is InChI=1S/C9H18N2/c1-3-4-7-11(8(2)10)9-5-6-9/h9-10H,3-7H2,1-2H3. The summed E-state index contributed by atoms with van der Waals surface area (Å²) in [5, 5.41) is 7.53. The molecule has 1 fully saturated rings. The average molecular weight is 154 g/mol. The molecule has 1 aliphatic rings. The Bertz CT molecular complexity index is 138. The predicted octanol–water partition coefficient (Wildman–Crippen LogP) is 2.25. The van der Waals surface area contributed by atoms with Gasteiger partial charge in [0.15, 0.2) is 0 Å². The molecule has 64 valence electrons. The van der Waals surface area contributed by atoms with Crippen molar-refractivity contribution in [3.8, 4) is 0 Å². The summed E-state index contributed by atoms with van der Waals surface area (Å²) in [6.45, 7) is 5.19. The fourth-order valence-electron chi connectivity index (χ4n) is 1.34. The number of hydrogen-bond acceptors (Lipinski definition) is 1. The van der Waals surface area contributed by atoms with Gasteiger partial charge in [-0.15, -0.1) is 0 Å². The molecule has 1 rings (SSSR count). The summed E-state index contributed by atoms with van der Waals surface area (Å²) in [6.07, 6.45) is 5.07. The number of rotatable bonds is 4. The van der Waals surface area contributed by atoms with E-state index in [4.69, 9.17) is 5.41 Å². The summed E-state index contributed by atoms with van der Waals surface area (Å²) in [4.78, 5) is 2.24. The van der Waals surface area contributed by atoms with Crippen LogP contribution in [0.25, 0.3) is 0 Å². The fraction of sp³-hybridized carbons (Fsp3) is 0.889. The Balaban J connectivity index is 2.26. The van der Waals surface area contributed by atoms with E-state index in [1.165, 1.54) is 25.7 Å². The van der Waals surface area contributed by atoms with Crippen LogP contribution in [0.15, 0.2) is 0 Å². The van der Waals surface area contributed by atoms with Gasteiger partial charge in [0.2, 0.25) is 0 Å². The second kappa shape index (κ2) is 3.74. The highest BCUT2D eigenvalue weighted by atomic mass is 15.2. The molecule has 0 aromatic carbocycles. The molecular weight excluding hydrogens is 136 g/mol. The Morgan fingerprint density at radius 2 is 2.18 bits per heavy atom. The summed E-state index contributed by atoms with van der Waals surface area (Å²) in [5.74, 6) is 0.751. The monoisotopic (exact) mass is 154 g/mol. The van der Waals surface area contributed by atoms with Gasteiger partial charge in [-0.1, -0.05) is 13.3 Å². The SMILES string of the molecule is CCCCN(C(C)=N)C1CC1. The number of amidine groups is 1. The van der Waals surface area contributed by atoms with Crippen LogP contribution in [0.3, 0.4) is 0 Å². The minimum absolute atomic E-state index is 0.721. The van der Waals surface area contributed by atoms with Crippen LogP contribution in [0.5, 0.6) is 0 Å². The Labute approximate surface area is 69.1 Å². The van der Waals surface area contributed by atoms with Crippen LogP contribution in [0.2, 0.25) is 0 Å². The van der Waals surface area contributed by atoms with Crippen molar-refractivity contribution in [2.24, 2.45) is 0 Å². The zero-order valence-corrected chi connectivity index (χ0v) is 7.56. The van der Waals surface area contributed by atoms with Gasteiger partial charge in [0, 0.05) is 12.6 Å². The van der Waals surface area contributed by atoms with Crippen LogP contribution in [0.4, 0.5) is 0 Å². The van der Waals surface area contributed by atoms with Crippen molar-refractivity contribution in [3.63, 3.8) is 0 Å². The third kappa shape index (κ3) is 2.52. The molecule has 2 nitrogen and oxygen atoms in total. The van der Waals surface area contributed by atoms with Crippen molar-refractivity contribution in [2.75, 3.05) is 6.54 Å². The maximum absolute atomic E-state index is 7.53. The molecule has 0 saturated heterocycles. The lowest BCUT2D eigenvalue weighted by atomic mass is 10.3. The van der Waals surface area contributed by atoms with Crippen molar-refractivity contribution in [1.29, 1.82) is 5.41 Å². The van der Waals surface area contributed by atoms with Gasteiger partial charge in [0.05, 0.1) is 5.84 Å². The molecule has 0 radical (unpaired) electrons. The van der Waals surface area contributed by atoms with Crippen LogP contribution >= 0.6 is 0 Å². The summed E-state index contributed by atoms with van der Waals surface area (Å²) in [5.41, 5.74) is 0. The number of nitrogens with zero attached hydrogens (tertiary/aromatic N) is 1. The van der Waals surface area contributed by atoms with E-state index in [1.807, 2.05) is 6.92 Å². The number of unbranched alkanes of at least 4 members (excludes halogenated alkanes) is 1. The quantitative estimate of drug-likeness (QED) is 0.488. The molecule has 0 amide bonds. The Hall–Kier alpha value is -0.530.